The Morgan fingerprint density at radius 3 is 2.19 bits per heavy atom. The topological polar surface area (TPSA) is 62.1 Å². The minimum atomic E-state index is -0.187. The SMILES string of the molecule is Cc1ccc(C(=O)Nc2cccc(NC(=O)C[n+]3ccccc3)c2)cc1. The molecule has 5 heteroatoms. The van der Waals surface area contributed by atoms with E-state index in [0.29, 0.717) is 16.9 Å². The summed E-state index contributed by atoms with van der Waals surface area (Å²) < 4.78 is 1.79. The molecule has 0 unspecified atom stereocenters. The largest absolute Gasteiger partial charge is 0.322 e. The summed E-state index contributed by atoms with van der Waals surface area (Å²) in [4.78, 5) is 24.4. The highest BCUT2D eigenvalue weighted by Gasteiger charge is 2.10. The van der Waals surface area contributed by atoms with Gasteiger partial charge in [-0.2, -0.15) is 4.57 Å². The molecule has 0 aliphatic heterocycles. The van der Waals surface area contributed by atoms with Gasteiger partial charge in [-0.05, 0) is 37.3 Å². The Bertz CT molecular complexity index is 906. The van der Waals surface area contributed by atoms with Crippen molar-refractivity contribution in [3.8, 4) is 0 Å². The molecule has 0 aliphatic rings. The third kappa shape index (κ3) is 4.77. The molecule has 26 heavy (non-hydrogen) atoms. The van der Waals surface area contributed by atoms with Gasteiger partial charge in [0.1, 0.15) is 0 Å². The number of rotatable bonds is 5. The van der Waals surface area contributed by atoms with E-state index in [1.165, 1.54) is 0 Å². The fourth-order valence-electron chi connectivity index (χ4n) is 2.49. The smallest absolute Gasteiger partial charge is 0.290 e. The van der Waals surface area contributed by atoms with Crippen LogP contribution in [-0.2, 0) is 11.3 Å². The molecule has 0 fully saturated rings. The Labute approximate surface area is 152 Å². The van der Waals surface area contributed by atoms with Crippen LogP contribution in [0.3, 0.4) is 0 Å². The zero-order valence-electron chi connectivity index (χ0n) is 14.5. The van der Waals surface area contributed by atoms with E-state index in [1.54, 1.807) is 41.0 Å². The molecule has 0 radical (unpaired) electrons. The van der Waals surface area contributed by atoms with Crippen LogP contribution in [0.4, 0.5) is 11.4 Å². The first-order chi connectivity index (χ1) is 12.6. The molecule has 0 saturated carbocycles. The van der Waals surface area contributed by atoms with E-state index < -0.39 is 0 Å². The van der Waals surface area contributed by atoms with Crippen LogP contribution in [0.5, 0.6) is 0 Å². The zero-order chi connectivity index (χ0) is 18.4. The molecule has 2 amide bonds. The third-order valence-corrected chi connectivity index (χ3v) is 3.82. The molecule has 0 aliphatic carbocycles. The van der Waals surface area contributed by atoms with E-state index in [9.17, 15) is 9.59 Å². The van der Waals surface area contributed by atoms with Gasteiger partial charge in [0.2, 0.25) is 6.54 Å². The van der Waals surface area contributed by atoms with Crippen LogP contribution in [0.2, 0.25) is 0 Å². The minimum absolute atomic E-state index is 0.136. The van der Waals surface area contributed by atoms with Crippen LogP contribution >= 0.6 is 0 Å². The first kappa shape index (κ1) is 17.4. The number of carbonyl (C=O) groups is 2. The summed E-state index contributed by atoms with van der Waals surface area (Å²) in [7, 11) is 0. The summed E-state index contributed by atoms with van der Waals surface area (Å²) in [5.41, 5.74) is 2.95. The van der Waals surface area contributed by atoms with Crippen molar-refractivity contribution in [1.82, 2.24) is 0 Å². The van der Waals surface area contributed by atoms with Crippen molar-refractivity contribution in [2.24, 2.45) is 0 Å². The first-order valence-corrected chi connectivity index (χ1v) is 8.32. The number of benzene rings is 2. The minimum Gasteiger partial charge on any atom is -0.322 e. The van der Waals surface area contributed by atoms with Gasteiger partial charge in [0.05, 0.1) is 0 Å². The summed E-state index contributed by atoms with van der Waals surface area (Å²) in [6.07, 6.45) is 3.66. The Morgan fingerprint density at radius 2 is 1.50 bits per heavy atom. The molecule has 5 nitrogen and oxygen atoms in total. The number of carbonyl (C=O) groups excluding carboxylic acids is 2. The Hall–Kier alpha value is -3.47. The summed E-state index contributed by atoms with van der Waals surface area (Å²) >= 11 is 0. The van der Waals surface area contributed by atoms with E-state index in [-0.39, 0.29) is 18.4 Å². The highest BCUT2D eigenvalue weighted by atomic mass is 16.2. The van der Waals surface area contributed by atoms with E-state index >= 15 is 0 Å². The number of hydrogen-bond donors (Lipinski definition) is 2. The van der Waals surface area contributed by atoms with Gasteiger partial charge in [-0.25, -0.2) is 0 Å². The van der Waals surface area contributed by atoms with Crippen LogP contribution in [0.1, 0.15) is 15.9 Å². The van der Waals surface area contributed by atoms with E-state index in [0.717, 1.165) is 5.56 Å². The summed E-state index contributed by atoms with van der Waals surface area (Å²) in [5, 5.41) is 5.69. The molecule has 0 spiro atoms. The number of nitrogens with one attached hydrogen (secondary N) is 2. The van der Waals surface area contributed by atoms with Crippen LogP contribution in [-0.4, -0.2) is 11.8 Å². The molecule has 1 heterocycles. The lowest BCUT2D eigenvalue weighted by molar-refractivity contribution is -0.684. The maximum Gasteiger partial charge on any atom is 0.290 e. The molecule has 130 valence electrons. The van der Waals surface area contributed by atoms with Crippen LogP contribution in [0.25, 0.3) is 0 Å². The summed E-state index contributed by atoms with van der Waals surface area (Å²) in [5.74, 6) is -0.323. The van der Waals surface area contributed by atoms with Crippen molar-refractivity contribution >= 4 is 23.2 Å². The maximum atomic E-state index is 12.3. The number of anilines is 2. The zero-order valence-corrected chi connectivity index (χ0v) is 14.5. The van der Waals surface area contributed by atoms with Gasteiger partial charge < -0.3 is 10.6 Å². The number of aromatic nitrogens is 1. The fourth-order valence-corrected chi connectivity index (χ4v) is 2.49. The van der Waals surface area contributed by atoms with E-state index in [1.807, 2.05) is 49.6 Å². The summed E-state index contributed by atoms with van der Waals surface area (Å²) in [6.45, 7) is 2.20. The molecule has 3 aromatic rings. The molecule has 0 saturated heterocycles. The summed E-state index contributed by atoms with van der Waals surface area (Å²) in [6, 6.07) is 20.1. The van der Waals surface area contributed by atoms with Crippen molar-refractivity contribution in [2.45, 2.75) is 13.5 Å². The second-order valence-electron chi connectivity index (χ2n) is 6.00. The average molecular weight is 346 g/mol. The van der Waals surface area contributed by atoms with Crippen molar-refractivity contribution in [2.75, 3.05) is 10.6 Å². The lowest BCUT2D eigenvalue weighted by atomic mass is 10.1. The average Bonchev–Trinajstić information content (AvgIpc) is 2.63. The second kappa shape index (κ2) is 8.07. The molecule has 0 atom stereocenters. The van der Waals surface area contributed by atoms with Crippen LogP contribution < -0.4 is 15.2 Å². The number of nitrogens with zero attached hydrogens (tertiary/aromatic N) is 1. The van der Waals surface area contributed by atoms with Crippen LogP contribution in [0, 0.1) is 6.92 Å². The Kier molecular flexibility index (Phi) is 5.39. The van der Waals surface area contributed by atoms with Crippen molar-refractivity contribution in [3.05, 3.63) is 90.3 Å². The van der Waals surface area contributed by atoms with Gasteiger partial charge in [0.25, 0.3) is 11.8 Å². The second-order valence-corrected chi connectivity index (χ2v) is 6.00. The Balaban J connectivity index is 1.63. The monoisotopic (exact) mass is 346 g/mol. The molecule has 3 rings (SSSR count). The maximum absolute atomic E-state index is 12.3. The standard InChI is InChI=1S/C21H19N3O2/c1-16-8-10-17(11-9-16)21(26)23-19-7-5-6-18(14-19)22-20(25)15-24-12-3-2-4-13-24/h2-14H,15H2,1H3,(H-,22,23,25,26)/p+1. The predicted molar refractivity (Wildman–Crippen MR) is 101 cm³/mol. The van der Waals surface area contributed by atoms with E-state index in [4.69, 9.17) is 0 Å². The molecule has 2 aromatic carbocycles. The number of hydrogen-bond acceptors (Lipinski definition) is 2. The van der Waals surface area contributed by atoms with Crippen molar-refractivity contribution in [1.29, 1.82) is 0 Å². The van der Waals surface area contributed by atoms with Gasteiger partial charge in [-0.1, -0.05) is 29.8 Å². The van der Waals surface area contributed by atoms with Crippen molar-refractivity contribution in [3.63, 3.8) is 0 Å². The third-order valence-electron chi connectivity index (χ3n) is 3.82. The molecule has 1 aromatic heterocycles. The number of amides is 2. The fraction of sp³-hybridized carbons (Fsp3) is 0.0952. The normalized spacial score (nSPS) is 10.2. The Morgan fingerprint density at radius 1 is 0.846 bits per heavy atom. The highest BCUT2D eigenvalue weighted by molar-refractivity contribution is 6.04. The van der Waals surface area contributed by atoms with Gasteiger partial charge >= 0.3 is 0 Å². The van der Waals surface area contributed by atoms with Crippen LogP contribution in [0.15, 0.2) is 79.1 Å². The molecule has 0 bridgehead atoms. The van der Waals surface area contributed by atoms with Gasteiger partial charge in [-0.15, -0.1) is 0 Å². The number of aryl methyl sites for hydroxylation is 1. The molecular weight excluding hydrogens is 326 g/mol. The lowest BCUT2D eigenvalue weighted by Crippen LogP contribution is -2.39. The van der Waals surface area contributed by atoms with Gasteiger partial charge in [0.15, 0.2) is 12.4 Å². The van der Waals surface area contributed by atoms with E-state index in [2.05, 4.69) is 10.6 Å². The van der Waals surface area contributed by atoms with Gasteiger partial charge in [-0.3, -0.25) is 9.59 Å². The molecule has 2 N–H and O–H groups in total. The molecular formula is C21H20N3O2+. The lowest BCUT2D eigenvalue weighted by Gasteiger charge is -2.08. The first-order valence-electron chi connectivity index (χ1n) is 8.32. The predicted octanol–water partition coefficient (Wildman–Crippen LogP) is 3.17. The number of pyridine rings is 1. The van der Waals surface area contributed by atoms with Crippen molar-refractivity contribution < 1.29 is 14.2 Å². The quantitative estimate of drug-likeness (QED) is 0.697. The highest BCUT2D eigenvalue weighted by Crippen LogP contribution is 2.16. The van der Waals surface area contributed by atoms with Gasteiger partial charge in [0, 0.05) is 29.1 Å².